The molecule has 0 aromatic heterocycles. The van der Waals surface area contributed by atoms with Gasteiger partial charge >= 0.3 is 0 Å². The van der Waals surface area contributed by atoms with Gasteiger partial charge in [-0.25, -0.2) is 8.42 Å². The SMILES string of the molecule is COc1ccc(C#CCNC(=O)c2ccc(S(=O)(=O)N3CCOCC3)cc2)cc1. The zero-order valence-corrected chi connectivity index (χ0v) is 16.9. The molecule has 1 N–H and O–H groups in total. The molecular formula is C21H22N2O5S. The molecule has 0 bridgehead atoms. The molecule has 1 fully saturated rings. The quantitative estimate of drug-likeness (QED) is 0.750. The number of hydrogen-bond donors (Lipinski definition) is 1. The van der Waals surface area contributed by atoms with Crippen LogP contribution in [0.1, 0.15) is 15.9 Å². The van der Waals surface area contributed by atoms with E-state index >= 15 is 0 Å². The van der Waals surface area contributed by atoms with E-state index in [1.54, 1.807) is 7.11 Å². The largest absolute Gasteiger partial charge is 0.497 e. The van der Waals surface area contributed by atoms with Crippen LogP contribution < -0.4 is 10.1 Å². The molecule has 1 aliphatic rings. The lowest BCUT2D eigenvalue weighted by atomic mass is 10.2. The van der Waals surface area contributed by atoms with Gasteiger partial charge in [-0.3, -0.25) is 4.79 Å². The predicted molar refractivity (Wildman–Crippen MR) is 108 cm³/mol. The molecule has 0 radical (unpaired) electrons. The summed E-state index contributed by atoms with van der Waals surface area (Å²) in [6.07, 6.45) is 0. The molecule has 0 atom stereocenters. The maximum absolute atomic E-state index is 12.6. The minimum absolute atomic E-state index is 0.162. The fourth-order valence-corrected chi connectivity index (χ4v) is 4.17. The van der Waals surface area contributed by atoms with Crippen LogP contribution in [0.15, 0.2) is 53.4 Å². The smallest absolute Gasteiger partial charge is 0.252 e. The monoisotopic (exact) mass is 414 g/mol. The van der Waals surface area contributed by atoms with Gasteiger partial charge < -0.3 is 14.8 Å². The summed E-state index contributed by atoms with van der Waals surface area (Å²) in [5.74, 6) is 6.27. The summed E-state index contributed by atoms with van der Waals surface area (Å²) in [6, 6.07) is 13.2. The van der Waals surface area contributed by atoms with Crippen molar-refractivity contribution in [3.63, 3.8) is 0 Å². The lowest BCUT2D eigenvalue weighted by molar-refractivity contribution is 0.0730. The fourth-order valence-electron chi connectivity index (χ4n) is 2.76. The minimum Gasteiger partial charge on any atom is -0.497 e. The van der Waals surface area contributed by atoms with Crippen molar-refractivity contribution in [2.24, 2.45) is 0 Å². The Kier molecular flexibility index (Phi) is 6.88. The minimum atomic E-state index is -3.57. The highest BCUT2D eigenvalue weighted by Gasteiger charge is 2.26. The van der Waals surface area contributed by atoms with Crippen LogP contribution in [0, 0.1) is 11.8 Å². The Morgan fingerprint density at radius 1 is 1.10 bits per heavy atom. The van der Waals surface area contributed by atoms with Gasteiger partial charge in [0, 0.05) is 24.2 Å². The standard InChI is InChI=1S/C21H22N2O5S/c1-27-19-8-4-17(5-9-19)3-2-12-22-21(24)18-6-10-20(11-7-18)29(25,26)23-13-15-28-16-14-23/h4-11H,12-16H2,1H3,(H,22,24). The highest BCUT2D eigenvalue weighted by Crippen LogP contribution is 2.17. The van der Waals surface area contributed by atoms with Crippen molar-refractivity contribution in [1.29, 1.82) is 0 Å². The summed E-state index contributed by atoms with van der Waals surface area (Å²) in [4.78, 5) is 12.4. The summed E-state index contributed by atoms with van der Waals surface area (Å²) in [5.41, 5.74) is 1.19. The number of sulfonamides is 1. The average molecular weight is 414 g/mol. The van der Waals surface area contributed by atoms with Gasteiger partial charge in [-0.2, -0.15) is 4.31 Å². The number of benzene rings is 2. The van der Waals surface area contributed by atoms with E-state index in [2.05, 4.69) is 17.2 Å². The van der Waals surface area contributed by atoms with Crippen LogP contribution in [0.3, 0.4) is 0 Å². The van der Waals surface area contributed by atoms with Crippen molar-refractivity contribution in [2.75, 3.05) is 40.0 Å². The van der Waals surface area contributed by atoms with Crippen LogP contribution in [0.4, 0.5) is 0 Å². The van der Waals surface area contributed by atoms with E-state index < -0.39 is 10.0 Å². The average Bonchev–Trinajstić information content (AvgIpc) is 2.77. The van der Waals surface area contributed by atoms with E-state index in [1.807, 2.05) is 24.3 Å². The molecule has 1 amide bonds. The molecule has 7 nitrogen and oxygen atoms in total. The lowest BCUT2D eigenvalue weighted by Gasteiger charge is -2.26. The molecule has 0 saturated carbocycles. The number of nitrogens with one attached hydrogen (secondary N) is 1. The number of methoxy groups -OCH3 is 1. The second-order valence-corrected chi connectivity index (χ2v) is 8.19. The van der Waals surface area contributed by atoms with Gasteiger partial charge in [0.2, 0.25) is 10.0 Å². The first-order valence-corrected chi connectivity index (χ1v) is 10.5. The van der Waals surface area contributed by atoms with Gasteiger partial charge in [-0.05, 0) is 48.5 Å². The fraction of sp³-hybridized carbons (Fsp3) is 0.286. The first kappa shape index (κ1) is 20.9. The number of carbonyl (C=O) groups is 1. The first-order chi connectivity index (χ1) is 14.0. The Bertz CT molecular complexity index is 1000. The zero-order chi connectivity index (χ0) is 20.7. The number of carbonyl (C=O) groups excluding carboxylic acids is 1. The van der Waals surface area contributed by atoms with Crippen molar-refractivity contribution in [3.8, 4) is 17.6 Å². The third kappa shape index (κ3) is 5.35. The van der Waals surface area contributed by atoms with Gasteiger partial charge in [-0.1, -0.05) is 11.8 Å². The normalized spacial score (nSPS) is 14.5. The number of hydrogen-bond acceptors (Lipinski definition) is 5. The van der Waals surface area contributed by atoms with Crippen LogP contribution >= 0.6 is 0 Å². The lowest BCUT2D eigenvalue weighted by Crippen LogP contribution is -2.40. The Balaban J connectivity index is 1.57. The first-order valence-electron chi connectivity index (χ1n) is 9.10. The number of rotatable bonds is 5. The number of amides is 1. The molecule has 2 aromatic carbocycles. The molecule has 152 valence electrons. The van der Waals surface area contributed by atoms with Gasteiger partial charge in [0.25, 0.3) is 5.91 Å². The van der Waals surface area contributed by atoms with E-state index in [0.29, 0.717) is 31.9 Å². The Hall–Kier alpha value is -2.86. The Labute approximate surface area is 170 Å². The maximum Gasteiger partial charge on any atom is 0.252 e. The van der Waals surface area contributed by atoms with E-state index in [9.17, 15) is 13.2 Å². The number of morpholine rings is 1. The summed E-state index contributed by atoms with van der Waals surface area (Å²) in [6.45, 7) is 1.61. The summed E-state index contributed by atoms with van der Waals surface area (Å²) < 4.78 is 36.9. The topological polar surface area (TPSA) is 84.9 Å². The van der Waals surface area contributed by atoms with Crippen LogP contribution in [-0.2, 0) is 14.8 Å². The summed E-state index contributed by atoms with van der Waals surface area (Å²) in [5, 5.41) is 2.70. The van der Waals surface area contributed by atoms with Crippen LogP contribution in [0.2, 0.25) is 0 Å². The number of nitrogens with zero attached hydrogens (tertiary/aromatic N) is 1. The molecule has 1 aliphatic heterocycles. The number of ether oxygens (including phenoxy) is 2. The highest BCUT2D eigenvalue weighted by atomic mass is 32.2. The molecule has 0 spiro atoms. The summed E-state index contributed by atoms with van der Waals surface area (Å²) >= 11 is 0. The van der Waals surface area contributed by atoms with Gasteiger partial charge in [0.1, 0.15) is 5.75 Å². The van der Waals surface area contributed by atoms with Crippen molar-refractivity contribution < 1.29 is 22.7 Å². The predicted octanol–water partition coefficient (Wildman–Crippen LogP) is 1.50. The molecule has 1 saturated heterocycles. The maximum atomic E-state index is 12.6. The van der Waals surface area contributed by atoms with Gasteiger partial charge in [0.05, 0.1) is 31.8 Å². The summed E-state index contributed by atoms with van der Waals surface area (Å²) in [7, 11) is -1.97. The Morgan fingerprint density at radius 3 is 2.38 bits per heavy atom. The molecular weight excluding hydrogens is 392 g/mol. The van der Waals surface area contributed by atoms with E-state index in [4.69, 9.17) is 9.47 Å². The highest BCUT2D eigenvalue weighted by molar-refractivity contribution is 7.89. The van der Waals surface area contributed by atoms with Crippen LogP contribution in [0.25, 0.3) is 0 Å². The molecule has 2 aromatic rings. The molecule has 0 aliphatic carbocycles. The van der Waals surface area contributed by atoms with E-state index in [0.717, 1.165) is 11.3 Å². The third-order valence-corrected chi connectivity index (χ3v) is 6.30. The van der Waals surface area contributed by atoms with E-state index in [-0.39, 0.29) is 17.3 Å². The van der Waals surface area contributed by atoms with Crippen molar-refractivity contribution in [2.45, 2.75) is 4.90 Å². The van der Waals surface area contributed by atoms with Gasteiger partial charge in [-0.15, -0.1) is 0 Å². The molecule has 0 unspecified atom stereocenters. The Morgan fingerprint density at radius 2 is 1.76 bits per heavy atom. The van der Waals surface area contributed by atoms with E-state index in [1.165, 1.54) is 28.6 Å². The van der Waals surface area contributed by atoms with Crippen LogP contribution in [-0.4, -0.2) is 58.6 Å². The third-order valence-electron chi connectivity index (χ3n) is 4.38. The zero-order valence-electron chi connectivity index (χ0n) is 16.1. The second kappa shape index (κ2) is 9.56. The molecule has 1 heterocycles. The van der Waals surface area contributed by atoms with Crippen molar-refractivity contribution in [1.82, 2.24) is 9.62 Å². The van der Waals surface area contributed by atoms with Crippen molar-refractivity contribution >= 4 is 15.9 Å². The van der Waals surface area contributed by atoms with Crippen LogP contribution in [0.5, 0.6) is 5.75 Å². The molecule has 3 rings (SSSR count). The molecule has 8 heteroatoms. The van der Waals surface area contributed by atoms with Crippen molar-refractivity contribution in [3.05, 3.63) is 59.7 Å². The second-order valence-electron chi connectivity index (χ2n) is 6.25. The molecule has 29 heavy (non-hydrogen) atoms. The van der Waals surface area contributed by atoms with Gasteiger partial charge in [0.15, 0.2) is 0 Å².